The second-order valence-corrected chi connectivity index (χ2v) is 7.69. The number of rotatable bonds is 7. The number of halogens is 2. The zero-order chi connectivity index (χ0) is 25.1. The van der Waals surface area contributed by atoms with Crippen molar-refractivity contribution in [1.29, 1.82) is 0 Å². The van der Waals surface area contributed by atoms with Gasteiger partial charge in [0.05, 0.1) is 25.6 Å². The van der Waals surface area contributed by atoms with E-state index in [9.17, 15) is 18.8 Å². The molecule has 0 atom stereocenters. The van der Waals surface area contributed by atoms with Gasteiger partial charge < -0.3 is 20.1 Å². The summed E-state index contributed by atoms with van der Waals surface area (Å²) in [7, 11) is 2.89. The van der Waals surface area contributed by atoms with Crippen molar-refractivity contribution < 1.29 is 28.2 Å². The third-order valence-corrected chi connectivity index (χ3v) is 5.54. The Morgan fingerprint density at radius 1 is 0.943 bits per heavy atom. The van der Waals surface area contributed by atoms with Crippen LogP contribution in [0.4, 0.5) is 21.5 Å². The van der Waals surface area contributed by atoms with Crippen LogP contribution in [-0.4, -0.2) is 31.9 Å². The molecule has 10 heteroatoms. The first kappa shape index (κ1) is 23.8. The quantitative estimate of drug-likeness (QED) is 0.467. The van der Waals surface area contributed by atoms with Gasteiger partial charge in [-0.25, -0.2) is 9.29 Å². The van der Waals surface area contributed by atoms with Crippen molar-refractivity contribution in [3.05, 3.63) is 88.8 Å². The molecule has 4 rings (SSSR count). The minimum atomic E-state index is -0.719. The van der Waals surface area contributed by atoms with Crippen LogP contribution in [0.1, 0.15) is 10.4 Å². The van der Waals surface area contributed by atoms with Gasteiger partial charge in [-0.05, 0) is 48.5 Å². The highest BCUT2D eigenvalue weighted by molar-refractivity contribution is 6.53. The van der Waals surface area contributed by atoms with Crippen LogP contribution in [0.3, 0.4) is 0 Å². The number of hydrogen-bond donors (Lipinski definition) is 2. The summed E-state index contributed by atoms with van der Waals surface area (Å²) in [5.41, 5.74) is 0.805. The van der Waals surface area contributed by atoms with E-state index in [1.54, 1.807) is 18.2 Å². The molecule has 1 aliphatic rings. The smallest absolute Gasteiger partial charge is 0.283 e. The Kier molecular flexibility index (Phi) is 6.70. The molecule has 0 spiro atoms. The third-order valence-electron chi connectivity index (χ3n) is 5.19. The first-order valence-electron chi connectivity index (χ1n) is 10.3. The van der Waals surface area contributed by atoms with Crippen molar-refractivity contribution in [2.75, 3.05) is 29.8 Å². The standard InChI is InChI=1S/C25H19ClFN3O5/c1-34-16-11-12-19(20(13-16)35-2)30-24(32)21(26)22(25(30)33)28-15-9-7-14(8-10-15)23(31)29-18-6-4-3-5-17(18)27/h3-13,28H,1-2H3,(H,29,31). The molecular weight excluding hydrogens is 477 g/mol. The van der Waals surface area contributed by atoms with Gasteiger partial charge in [-0.1, -0.05) is 23.7 Å². The molecule has 3 aromatic carbocycles. The molecule has 178 valence electrons. The molecular formula is C25H19ClFN3O5. The van der Waals surface area contributed by atoms with Gasteiger partial charge in [-0.15, -0.1) is 0 Å². The van der Waals surface area contributed by atoms with Crippen molar-refractivity contribution in [2.45, 2.75) is 0 Å². The number of para-hydroxylation sites is 1. The van der Waals surface area contributed by atoms with Gasteiger partial charge in [-0.2, -0.15) is 0 Å². The Hall–Kier alpha value is -4.37. The van der Waals surface area contributed by atoms with Crippen LogP contribution >= 0.6 is 11.6 Å². The number of ether oxygens (including phenoxy) is 2. The Morgan fingerprint density at radius 3 is 2.31 bits per heavy atom. The number of hydrogen-bond acceptors (Lipinski definition) is 6. The minimum absolute atomic E-state index is 0.0563. The Bertz CT molecular complexity index is 1360. The number of carbonyl (C=O) groups excluding carboxylic acids is 3. The number of benzene rings is 3. The molecule has 0 aliphatic carbocycles. The lowest BCUT2D eigenvalue weighted by atomic mass is 10.2. The highest BCUT2D eigenvalue weighted by Crippen LogP contribution is 2.37. The molecule has 0 aromatic heterocycles. The molecule has 8 nitrogen and oxygen atoms in total. The second-order valence-electron chi connectivity index (χ2n) is 7.31. The van der Waals surface area contributed by atoms with Crippen LogP contribution in [0.5, 0.6) is 11.5 Å². The van der Waals surface area contributed by atoms with E-state index in [0.717, 1.165) is 4.90 Å². The summed E-state index contributed by atoms with van der Waals surface area (Å²) in [6.45, 7) is 0. The zero-order valence-corrected chi connectivity index (χ0v) is 19.4. The summed E-state index contributed by atoms with van der Waals surface area (Å²) < 4.78 is 24.2. The van der Waals surface area contributed by atoms with E-state index in [1.165, 1.54) is 62.8 Å². The van der Waals surface area contributed by atoms with Crippen LogP contribution in [0, 0.1) is 5.82 Å². The predicted molar refractivity (Wildman–Crippen MR) is 129 cm³/mol. The molecule has 35 heavy (non-hydrogen) atoms. The summed E-state index contributed by atoms with van der Waals surface area (Å²) in [4.78, 5) is 39.2. The largest absolute Gasteiger partial charge is 0.497 e. The monoisotopic (exact) mass is 495 g/mol. The van der Waals surface area contributed by atoms with E-state index in [2.05, 4.69) is 10.6 Å². The summed E-state index contributed by atoms with van der Waals surface area (Å²) in [5, 5.41) is 5.03. The van der Waals surface area contributed by atoms with Crippen molar-refractivity contribution >= 4 is 46.4 Å². The fourth-order valence-electron chi connectivity index (χ4n) is 3.41. The van der Waals surface area contributed by atoms with Crippen molar-refractivity contribution in [1.82, 2.24) is 0 Å². The molecule has 0 saturated carbocycles. The van der Waals surface area contributed by atoms with Crippen LogP contribution in [-0.2, 0) is 9.59 Å². The van der Waals surface area contributed by atoms with E-state index in [4.69, 9.17) is 21.1 Å². The lowest BCUT2D eigenvalue weighted by molar-refractivity contribution is -0.120. The average Bonchev–Trinajstić information content (AvgIpc) is 3.08. The summed E-state index contributed by atoms with van der Waals surface area (Å²) >= 11 is 6.20. The predicted octanol–water partition coefficient (Wildman–Crippen LogP) is 4.53. The normalized spacial score (nSPS) is 13.2. The van der Waals surface area contributed by atoms with Gasteiger partial charge in [0.1, 0.15) is 28.0 Å². The lowest BCUT2D eigenvalue weighted by Crippen LogP contribution is -2.32. The molecule has 2 N–H and O–H groups in total. The number of nitrogens with zero attached hydrogens (tertiary/aromatic N) is 1. The third kappa shape index (κ3) is 4.67. The van der Waals surface area contributed by atoms with E-state index in [0.29, 0.717) is 11.4 Å². The van der Waals surface area contributed by atoms with Gasteiger partial charge in [0, 0.05) is 17.3 Å². The summed E-state index contributed by atoms with van der Waals surface area (Å²) in [6.07, 6.45) is 0. The van der Waals surface area contributed by atoms with Gasteiger partial charge in [0.2, 0.25) is 0 Å². The fourth-order valence-corrected chi connectivity index (χ4v) is 3.62. The van der Waals surface area contributed by atoms with E-state index >= 15 is 0 Å². The topological polar surface area (TPSA) is 97.0 Å². The SMILES string of the molecule is COc1ccc(N2C(=O)C(Cl)=C(Nc3ccc(C(=O)Nc4ccccc4F)cc3)C2=O)c(OC)c1. The van der Waals surface area contributed by atoms with Gasteiger partial charge in [0.15, 0.2) is 0 Å². The summed E-state index contributed by atoms with van der Waals surface area (Å²) in [6, 6.07) is 16.5. The highest BCUT2D eigenvalue weighted by Gasteiger charge is 2.40. The first-order chi connectivity index (χ1) is 16.8. The Morgan fingerprint density at radius 2 is 1.66 bits per heavy atom. The number of nitrogens with one attached hydrogen (secondary N) is 2. The fraction of sp³-hybridized carbons (Fsp3) is 0.0800. The zero-order valence-electron chi connectivity index (χ0n) is 18.6. The number of amides is 3. The number of imide groups is 1. The maximum Gasteiger partial charge on any atom is 0.283 e. The van der Waals surface area contributed by atoms with Crippen molar-refractivity contribution in [2.24, 2.45) is 0 Å². The van der Waals surface area contributed by atoms with E-state index in [1.807, 2.05) is 0 Å². The molecule has 1 heterocycles. The van der Waals surface area contributed by atoms with Crippen molar-refractivity contribution in [3.8, 4) is 11.5 Å². The number of carbonyl (C=O) groups is 3. The van der Waals surface area contributed by atoms with Crippen LogP contribution < -0.4 is 25.0 Å². The molecule has 1 aliphatic heterocycles. The Balaban J connectivity index is 1.51. The Labute approximate surface area is 204 Å². The molecule has 0 saturated heterocycles. The maximum absolute atomic E-state index is 13.8. The first-order valence-corrected chi connectivity index (χ1v) is 10.7. The summed E-state index contributed by atoms with van der Waals surface area (Å²) in [5.74, 6) is -1.72. The van der Waals surface area contributed by atoms with E-state index in [-0.39, 0.29) is 33.4 Å². The number of anilines is 3. The van der Waals surface area contributed by atoms with Gasteiger partial charge in [-0.3, -0.25) is 14.4 Å². The van der Waals surface area contributed by atoms with Gasteiger partial charge in [0.25, 0.3) is 17.7 Å². The van der Waals surface area contributed by atoms with Crippen LogP contribution in [0.25, 0.3) is 0 Å². The van der Waals surface area contributed by atoms with Crippen molar-refractivity contribution in [3.63, 3.8) is 0 Å². The second kappa shape index (κ2) is 9.86. The minimum Gasteiger partial charge on any atom is -0.497 e. The maximum atomic E-state index is 13.8. The average molecular weight is 496 g/mol. The molecule has 3 aromatic rings. The molecule has 0 bridgehead atoms. The van der Waals surface area contributed by atoms with Gasteiger partial charge >= 0.3 is 0 Å². The molecule has 3 amide bonds. The van der Waals surface area contributed by atoms with Crippen LogP contribution in [0.15, 0.2) is 77.5 Å². The van der Waals surface area contributed by atoms with E-state index < -0.39 is 23.5 Å². The molecule has 0 unspecified atom stereocenters. The highest BCUT2D eigenvalue weighted by atomic mass is 35.5. The lowest BCUT2D eigenvalue weighted by Gasteiger charge is -2.18. The van der Waals surface area contributed by atoms with Crippen LogP contribution in [0.2, 0.25) is 0 Å². The number of methoxy groups -OCH3 is 2. The molecule has 0 fully saturated rings. The molecule has 0 radical (unpaired) electrons.